The fraction of sp³-hybridized carbons (Fsp3) is 0.545. The Kier molecular flexibility index (Phi) is 5.44. The molecule has 1 aliphatic carbocycles. The van der Waals surface area contributed by atoms with Crippen molar-refractivity contribution in [2.24, 2.45) is 0 Å². The van der Waals surface area contributed by atoms with E-state index in [4.69, 9.17) is 9.15 Å². The smallest absolute Gasteiger partial charge is 0.129 e. The van der Waals surface area contributed by atoms with Crippen molar-refractivity contribution < 1.29 is 9.15 Å². The van der Waals surface area contributed by atoms with Crippen LogP contribution in [0.3, 0.4) is 0 Å². The van der Waals surface area contributed by atoms with Crippen LogP contribution in [0.4, 0.5) is 0 Å². The molecule has 0 spiro atoms. The fourth-order valence-electron chi connectivity index (χ4n) is 4.66. The molecule has 0 atom stereocenters. The number of methoxy groups -OCH3 is 1. The van der Waals surface area contributed by atoms with Gasteiger partial charge in [-0.2, -0.15) is 0 Å². The van der Waals surface area contributed by atoms with Crippen LogP contribution < -0.4 is 5.32 Å². The molecule has 1 aromatic carbocycles. The van der Waals surface area contributed by atoms with Gasteiger partial charge in [0.05, 0.1) is 6.54 Å². The van der Waals surface area contributed by atoms with Crippen LogP contribution in [0.1, 0.15) is 41.9 Å². The van der Waals surface area contributed by atoms with Gasteiger partial charge in [0.2, 0.25) is 0 Å². The van der Waals surface area contributed by atoms with E-state index in [1.54, 1.807) is 7.11 Å². The minimum atomic E-state index is 0.214. The number of fused-ring (bicyclic) bond motifs is 1. The molecule has 0 saturated carbocycles. The third-order valence-corrected chi connectivity index (χ3v) is 5.94. The monoisotopic (exact) mass is 354 g/mol. The van der Waals surface area contributed by atoms with E-state index in [1.165, 1.54) is 43.5 Å². The highest BCUT2D eigenvalue weighted by Crippen LogP contribution is 2.36. The topological polar surface area (TPSA) is 37.6 Å². The number of hydrogen-bond acceptors (Lipinski definition) is 4. The van der Waals surface area contributed by atoms with E-state index in [1.807, 2.05) is 6.07 Å². The van der Waals surface area contributed by atoms with Gasteiger partial charge in [0, 0.05) is 19.2 Å². The van der Waals surface area contributed by atoms with E-state index in [-0.39, 0.29) is 5.54 Å². The molecule has 0 unspecified atom stereocenters. The molecule has 2 aliphatic rings. The standard InChI is InChI=1S/C22H30N2O2/c1-25-16-21-10-9-20(26-21)15-23-17-22(24-11-5-2-6-12-24)13-18-7-3-4-8-19(18)14-22/h3-4,7-10,23H,2,5-6,11-17H2,1H3. The molecule has 0 amide bonds. The van der Waals surface area contributed by atoms with Gasteiger partial charge in [-0.15, -0.1) is 0 Å². The second-order valence-corrected chi connectivity index (χ2v) is 7.80. The van der Waals surface area contributed by atoms with Gasteiger partial charge >= 0.3 is 0 Å². The van der Waals surface area contributed by atoms with Gasteiger partial charge < -0.3 is 14.5 Å². The van der Waals surface area contributed by atoms with Gasteiger partial charge in [0.25, 0.3) is 0 Å². The van der Waals surface area contributed by atoms with Gasteiger partial charge in [-0.1, -0.05) is 30.7 Å². The highest BCUT2D eigenvalue weighted by Gasteiger charge is 2.42. The summed E-state index contributed by atoms with van der Waals surface area (Å²) in [7, 11) is 1.70. The number of likely N-dealkylation sites (tertiary alicyclic amines) is 1. The molecule has 4 heteroatoms. The Morgan fingerprint density at radius 2 is 1.69 bits per heavy atom. The molecule has 0 bridgehead atoms. The average molecular weight is 354 g/mol. The molecule has 4 nitrogen and oxygen atoms in total. The molecular weight excluding hydrogens is 324 g/mol. The molecule has 26 heavy (non-hydrogen) atoms. The predicted molar refractivity (Wildman–Crippen MR) is 103 cm³/mol. The van der Waals surface area contributed by atoms with Crippen molar-refractivity contribution >= 4 is 0 Å². The second kappa shape index (κ2) is 7.95. The number of nitrogens with one attached hydrogen (secondary N) is 1. The molecule has 0 radical (unpaired) electrons. The van der Waals surface area contributed by atoms with Crippen molar-refractivity contribution in [2.75, 3.05) is 26.7 Å². The highest BCUT2D eigenvalue weighted by molar-refractivity contribution is 5.37. The van der Waals surface area contributed by atoms with Crippen molar-refractivity contribution in [3.8, 4) is 0 Å². The molecule has 1 aliphatic heterocycles. The Hall–Kier alpha value is -1.62. The Morgan fingerprint density at radius 3 is 2.38 bits per heavy atom. The van der Waals surface area contributed by atoms with Crippen molar-refractivity contribution in [3.63, 3.8) is 0 Å². The summed E-state index contributed by atoms with van der Waals surface area (Å²) in [5.74, 6) is 1.88. The summed E-state index contributed by atoms with van der Waals surface area (Å²) in [6.45, 7) is 4.77. The fourth-order valence-corrected chi connectivity index (χ4v) is 4.66. The van der Waals surface area contributed by atoms with Gasteiger partial charge in [-0.05, 0) is 62.0 Å². The van der Waals surface area contributed by atoms with Crippen LogP contribution in [0.25, 0.3) is 0 Å². The summed E-state index contributed by atoms with van der Waals surface area (Å²) in [5, 5.41) is 3.70. The van der Waals surface area contributed by atoms with E-state index in [0.717, 1.165) is 37.5 Å². The van der Waals surface area contributed by atoms with Crippen LogP contribution in [0.5, 0.6) is 0 Å². The van der Waals surface area contributed by atoms with Crippen molar-refractivity contribution in [3.05, 3.63) is 59.0 Å². The van der Waals surface area contributed by atoms with E-state index in [2.05, 4.69) is 40.5 Å². The quantitative estimate of drug-likeness (QED) is 0.825. The first-order valence-corrected chi connectivity index (χ1v) is 9.88. The average Bonchev–Trinajstić information content (AvgIpc) is 3.27. The van der Waals surface area contributed by atoms with Gasteiger partial charge in [0.1, 0.15) is 18.1 Å². The third kappa shape index (κ3) is 3.73. The SMILES string of the molecule is COCc1ccc(CNCC2(N3CCCCC3)Cc3ccccc3C2)o1. The molecule has 2 aromatic rings. The maximum Gasteiger partial charge on any atom is 0.129 e. The summed E-state index contributed by atoms with van der Waals surface area (Å²) < 4.78 is 11.0. The van der Waals surface area contributed by atoms with E-state index >= 15 is 0 Å². The lowest BCUT2D eigenvalue weighted by Gasteiger charge is -2.44. The summed E-state index contributed by atoms with van der Waals surface area (Å²) in [6, 6.07) is 13.0. The molecule has 1 aromatic heterocycles. The highest BCUT2D eigenvalue weighted by atomic mass is 16.5. The molecule has 2 heterocycles. The number of piperidine rings is 1. The first-order chi connectivity index (χ1) is 12.8. The number of ether oxygens (including phenoxy) is 1. The number of benzene rings is 1. The minimum absolute atomic E-state index is 0.214. The van der Waals surface area contributed by atoms with Crippen molar-refractivity contribution in [2.45, 2.75) is 50.8 Å². The van der Waals surface area contributed by atoms with Gasteiger partial charge in [0.15, 0.2) is 0 Å². The van der Waals surface area contributed by atoms with E-state index in [9.17, 15) is 0 Å². The first kappa shape index (κ1) is 17.8. The Morgan fingerprint density at radius 1 is 1.00 bits per heavy atom. The van der Waals surface area contributed by atoms with Crippen LogP contribution >= 0.6 is 0 Å². The third-order valence-electron chi connectivity index (χ3n) is 5.94. The molecule has 1 fully saturated rings. The summed E-state index contributed by atoms with van der Waals surface area (Å²) in [6.07, 6.45) is 6.35. The molecular formula is C22H30N2O2. The summed E-state index contributed by atoms with van der Waals surface area (Å²) in [4.78, 5) is 2.75. The van der Waals surface area contributed by atoms with Crippen molar-refractivity contribution in [1.82, 2.24) is 10.2 Å². The summed E-state index contributed by atoms with van der Waals surface area (Å²) in [5.41, 5.74) is 3.27. The first-order valence-electron chi connectivity index (χ1n) is 9.88. The predicted octanol–water partition coefficient (Wildman–Crippen LogP) is 3.54. The minimum Gasteiger partial charge on any atom is -0.462 e. The zero-order valence-electron chi connectivity index (χ0n) is 15.8. The van der Waals surface area contributed by atoms with Crippen molar-refractivity contribution in [1.29, 1.82) is 0 Å². The Balaban J connectivity index is 1.44. The molecule has 1 saturated heterocycles. The van der Waals surface area contributed by atoms with Crippen LogP contribution in [-0.4, -0.2) is 37.2 Å². The largest absolute Gasteiger partial charge is 0.462 e. The normalized spacial score (nSPS) is 19.6. The maximum absolute atomic E-state index is 5.83. The number of rotatable bonds is 7. The van der Waals surface area contributed by atoms with Crippen LogP contribution in [0.15, 0.2) is 40.8 Å². The number of hydrogen-bond donors (Lipinski definition) is 1. The lowest BCUT2D eigenvalue weighted by atomic mass is 9.90. The van der Waals surface area contributed by atoms with Crippen LogP contribution in [0, 0.1) is 0 Å². The lowest BCUT2D eigenvalue weighted by molar-refractivity contribution is 0.0719. The van der Waals surface area contributed by atoms with Gasteiger partial charge in [-0.25, -0.2) is 0 Å². The van der Waals surface area contributed by atoms with E-state index < -0.39 is 0 Å². The van der Waals surface area contributed by atoms with Gasteiger partial charge in [-0.3, -0.25) is 4.90 Å². The number of furan rings is 1. The summed E-state index contributed by atoms with van der Waals surface area (Å²) >= 11 is 0. The number of nitrogens with zero attached hydrogens (tertiary/aromatic N) is 1. The maximum atomic E-state index is 5.83. The zero-order chi connectivity index (χ0) is 17.8. The van der Waals surface area contributed by atoms with Crippen LogP contribution in [0.2, 0.25) is 0 Å². The van der Waals surface area contributed by atoms with Crippen LogP contribution in [-0.2, 0) is 30.7 Å². The van der Waals surface area contributed by atoms with E-state index in [0.29, 0.717) is 6.61 Å². The zero-order valence-corrected chi connectivity index (χ0v) is 15.8. The Labute approximate surface area is 156 Å². The molecule has 1 N–H and O–H groups in total. The molecule has 140 valence electrons. The lowest BCUT2D eigenvalue weighted by Crippen LogP contribution is -2.57. The second-order valence-electron chi connectivity index (χ2n) is 7.80. The molecule has 4 rings (SSSR count). The Bertz CT molecular complexity index is 693.